The van der Waals surface area contributed by atoms with Crippen LogP contribution >= 0.6 is 0 Å². The number of pyridine rings is 1. The lowest BCUT2D eigenvalue weighted by Crippen LogP contribution is -2.64. The fourth-order valence-electron chi connectivity index (χ4n) is 12.5. The summed E-state index contributed by atoms with van der Waals surface area (Å²) >= 11 is 0. The van der Waals surface area contributed by atoms with Crippen molar-refractivity contribution in [2.45, 2.75) is 127 Å². The van der Waals surface area contributed by atoms with E-state index >= 15 is 0 Å². The van der Waals surface area contributed by atoms with Crippen molar-refractivity contribution in [1.29, 1.82) is 0 Å². The third kappa shape index (κ3) is 6.02. The molecule has 0 spiro atoms. The van der Waals surface area contributed by atoms with E-state index in [0.29, 0.717) is 23.2 Å². The Morgan fingerprint density at radius 2 is 1.59 bits per heavy atom. The van der Waals surface area contributed by atoms with Gasteiger partial charge >= 0.3 is 11.9 Å². The number of allylic oxidation sites excluding steroid dienone is 1. The molecule has 276 valence electrons. The van der Waals surface area contributed by atoms with Crippen molar-refractivity contribution < 1.29 is 29.0 Å². The van der Waals surface area contributed by atoms with Crippen LogP contribution in [0, 0.1) is 50.7 Å². The van der Waals surface area contributed by atoms with Crippen LogP contribution < -0.4 is 5.32 Å². The number of aromatic nitrogens is 1. The van der Waals surface area contributed by atoms with Crippen LogP contribution in [0.5, 0.6) is 0 Å². The van der Waals surface area contributed by atoms with Crippen LogP contribution in [0.2, 0.25) is 0 Å². The molecule has 1 amide bonds. The molecule has 7 atom stereocenters. The Morgan fingerprint density at radius 3 is 2.27 bits per heavy atom. The number of hydrogen-bond donors (Lipinski definition) is 1. The second-order valence-corrected chi connectivity index (χ2v) is 18.2. The van der Waals surface area contributed by atoms with Gasteiger partial charge in [0.15, 0.2) is 5.78 Å². The Kier molecular flexibility index (Phi) is 9.59. The fraction of sp³-hybridized carbons (Fsp3) is 0.651. The third-order valence-electron chi connectivity index (χ3n) is 14.7. The maximum absolute atomic E-state index is 13.6. The summed E-state index contributed by atoms with van der Waals surface area (Å²) in [6.07, 6.45) is 11.9. The quantitative estimate of drug-likeness (QED) is 0.251. The number of fused-ring (bicyclic) bond motifs is 8. The number of ketones is 1. The van der Waals surface area contributed by atoms with E-state index in [1.165, 1.54) is 46.0 Å². The van der Waals surface area contributed by atoms with Gasteiger partial charge in [0.2, 0.25) is 5.91 Å². The van der Waals surface area contributed by atoms with Crippen molar-refractivity contribution in [3.05, 3.63) is 47.7 Å². The third-order valence-corrected chi connectivity index (χ3v) is 14.7. The van der Waals surface area contributed by atoms with Crippen molar-refractivity contribution in [1.82, 2.24) is 4.98 Å². The zero-order valence-electron chi connectivity index (χ0n) is 32.2. The minimum Gasteiger partial charge on any atom is -0.325 e. The van der Waals surface area contributed by atoms with Gasteiger partial charge in [-0.25, -0.2) is 19.4 Å². The molecule has 51 heavy (non-hydrogen) atoms. The lowest BCUT2D eigenvalue weighted by molar-refractivity contribution is -0.267. The summed E-state index contributed by atoms with van der Waals surface area (Å²) in [7, 11) is 0. The Labute approximate surface area is 303 Å². The van der Waals surface area contributed by atoms with E-state index in [2.05, 4.69) is 58.8 Å². The highest BCUT2D eigenvalue weighted by molar-refractivity contribution is 6.06. The smallest absolute Gasteiger partial charge is 0.325 e. The van der Waals surface area contributed by atoms with E-state index in [4.69, 9.17) is 9.78 Å². The average molecular weight is 699 g/mol. The summed E-state index contributed by atoms with van der Waals surface area (Å²) in [6.45, 7) is 19.5. The molecule has 5 aliphatic carbocycles. The first-order chi connectivity index (χ1) is 23.9. The first-order valence-electron chi connectivity index (χ1n) is 19.2. The largest absolute Gasteiger partial charge is 0.366 e. The topological polar surface area (TPSA) is 112 Å². The number of carbonyl (C=O) groups excluding carboxylic acids is 4. The Bertz CT molecular complexity index is 1780. The van der Waals surface area contributed by atoms with Crippen LogP contribution in [0.1, 0.15) is 127 Å². The van der Waals surface area contributed by atoms with Gasteiger partial charge < -0.3 is 5.32 Å². The molecule has 8 heteroatoms. The second-order valence-electron chi connectivity index (χ2n) is 18.2. The molecule has 0 unspecified atom stereocenters. The lowest BCUT2D eigenvalue weighted by atomic mass is 9.33. The molecule has 2 aromatic rings. The number of benzene rings is 1. The number of carbonyl (C=O) groups is 4. The maximum atomic E-state index is 13.6. The van der Waals surface area contributed by atoms with E-state index in [9.17, 15) is 19.2 Å². The van der Waals surface area contributed by atoms with Crippen molar-refractivity contribution in [3.8, 4) is 0 Å². The maximum Gasteiger partial charge on any atom is 0.366 e. The van der Waals surface area contributed by atoms with Gasteiger partial charge in [-0.2, -0.15) is 0 Å². The van der Waals surface area contributed by atoms with Gasteiger partial charge in [0, 0.05) is 25.7 Å². The van der Waals surface area contributed by atoms with Gasteiger partial charge in [-0.1, -0.05) is 73.1 Å². The number of amides is 1. The highest BCUT2D eigenvalue weighted by Gasteiger charge is 2.70. The first-order valence-corrected chi connectivity index (χ1v) is 19.2. The molecule has 5 aliphatic rings. The van der Waals surface area contributed by atoms with Gasteiger partial charge in [0.25, 0.3) is 0 Å². The molecular formula is C43H58N2O6. The van der Waals surface area contributed by atoms with Crippen molar-refractivity contribution in [2.24, 2.45) is 50.7 Å². The standard InChI is InChI=1S/C32H48O5.C11H10N2O/c1-19(2)25-22(34)18-32(27(35)37-36-20(3)33)17-16-30(7)21(26(25)32)10-11-24-29(6)14-9-13-28(4,5)23(29)12-15-31(24,30)8;1-8(14)13-10-6-9-4-2-3-5-11(9)12-7-10/h19,21,23-24H,9-18H2,1-8H3;2-7H,1H3,(H,13,14)/t21-,23+,24-,29+,30-,31-,32-;/m1./s1. The van der Waals surface area contributed by atoms with E-state index < -0.39 is 17.4 Å². The number of Topliss-reactive ketones (excluding diaryl/α,β-unsaturated/α-hetero) is 1. The Morgan fingerprint density at radius 1 is 0.863 bits per heavy atom. The van der Waals surface area contributed by atoms with Crippen LogP contribution in [-0.4, -0.2) is 28.6 Å². The van der Waals surface area contributed by atoms with Crippen LogP contribution in [0.15, 0.2) is 47.7 Å². The van der Waals surface area contributed by atoms with Crippen LogP contribution in [0.3, 0.4) is 0 Å². The molecule has 7 rings (SSSR count). The van der Waals surface area contributed by atoms with Gasteiger partial charge in [-0.05, 0) is 120 Å². The molecule has 1 N–H and O–H groups in total. The molecule has 4 saturated carbocycles. The summed E-state index contributed by atoms with van der Waals surface area (Å²) in [5, 5.41) is 3.72. The van der Waals surface area contributed by atoms with Gasteiger partial charge in [-0.15, -0.1) is 0 Å². The van der Waals surface area contributed by atoms with E-state index in [1.807, 2.05) is 30.3 Å². The molecule has 1 aromatic carbocycles. The van der Waals surface area contributed by atoms with Gasteiger partial charge in [0.1, 0.15) is 5.41 Å². The predicted molar refractivity (Wildman–Crippen MR) is 198 cm³/mol. The Balaban J connectivity index is 0.000000267. The zero-order chi connectivity index (χ0) is 37.1. The molecule has 0 radical (unpaired) electrons. The number of nitrogens with one attached hydrogen (secondary N) is 1. The molecule has 4 fully saturated rings. The molecule has 0 saturated heterocycles. The predicted octanol–water partition coefficient (Wildman–Crippen LogP) is 9.57. The first kappa shape index (κ1) is 37.2. The van der Waals surface area contributed by atoms with Crippen molar-refractivity contribution in [3.63, 3.8) is 0 Å². The molecule has 1 aromatic heterocycles. The summed E-state index contributed by atoms with van der Waals surface area (Å²) in [5.41, 5.74) is 3.45. The van der Waals surface area contributed by atoms with Gasteiger partial charge in [-0.3, -0.25) is 14.6 Å². The minimum absolute atomic E-state index is 0.0107. The fourth-order valence-corrected chi connectivity index (χ4v) is 12.5. The highest BCUT2D eigenvalue weighted by Crippen LogP contribution is 2.76. The number of rotatable bonds is 3. The molecular weight excluding hydrogens is 640 g/mol. The van der Waals surface area contributed by atoms with Crippen LogP contribution in [0.25, 0.3) is 10.9 Å². The monoisotopic (exact) mass is 698 g/mol. The highest BCUT2D eigenvalue weighted by atomic mass is 17.2. The number of anilines is 1. The molecule has 0 aliphatic heterocycles. The SMILES string of the molecule is CC(=O)Nc1cnc2ccccc2c1.CC(=O)OOC(=O)[C@@]12CC[C@]3(C)[C@H](CC[C@@H]4[C@@]5(C)CCCC(C)(C)[C@@H]5CC[C@]43C)C1=C(C(C)C)C(=O)C2. The molecule has 0 bridgehead atoms. The van der Waals surface area contributed by atoms with Crippen LogP contribution in [-0.2, 0) is 29.0 Å². The summed E-state index contributed by atoms with van der Waals surface area (Å²) in [6, 6.07) is 9.69. The zero-order valence-corrected chi connectivity index (χ0v) is 32.2. The number of para-hydroxylation sites is 1. The average Bonchev–Trinajstić information content (AvgIpc) is 3.36. The Hall–Kier alpha value is -3.55. The van der Waals surface area contributed by atoms with E-state index in [1.54, 1.807) is 6.20 Å². The van der Waals surface area contributed by atoms with E-state index in [0.717, 1.165) is 52.9 Å². The number of hydrogen-bond acceptors (Lipinski definition) is 7. The van der Waals surface area contributed by atoms with Crippen LogP contribution in [0.4, 0.5) is 5.69 Å². The number of nitrogens with zero attached hydrogens (tertiary/aromatic N) is 1. The normalized spacial score (nSPS) is 35.0. The van der Waals surface area contributed by atoms with Crippen molar-refractivity contribution in [2.75, 3.05) is 5.32 Å². The lowest BCUT2D eigenvalue weighted by Gasteiger charge is -2.71. The summed E-state index contributed by atoms with van der Waals surface area (Å²) in [4.78, 5) is 63.4. The van der Waals surface area contributed by atoms with E-state index in [-0.39, 0.29) is 40.8 Å². The minimum atomic E-state index is -0.993. The summed E-state index contributed by atoms with van der Waals surface area (Å²) in [5.74, 6) is 0.415. The van der Waals surface area contributed by atoms with Crippen molar-refractivity contribution >= 4 is 40.2 Å². The molecule has 1 heterocycles. The second kappa shape index (κ2) is 13.1. The summed E-state index contributed by atoms with van der Waals surface area (Å²) < 4.78 is 0. The molecule has 8 nitrogen and oxygen atoms in total. The van der Waals surface area contributed by atoms with Gasteiger partial charge in [0.05, 0.1) is 17.4 Å².